The first-order chi connectivity index (χ1) is 15.7. The molecule has 0 bridgehead atoms. The smallest absolute Gasteiger partial charge is 0.257 e. The zero-order chi connectivity index (χ0) is 24.3. The molecule has 4 rings (SSSR count). The Balaban J connectivity index is 0.000000194. The molecule has 2 N–H and O–H groups in total. The molecule has 0 aliphatic carbocycles. The zero-order valence-corrected chi connectivity index (χ0v) is 19.0. The number of ether oxygens (including phenoxy) is 1. The van der Waals surface area contributed by atoms with Crippen LogP contribution in [0.25, 0.3) is 11.0 Å². The standard InChI is InChI=1S/C13H15N3O3.C10H10FNO2/c1-7-4-10-9(8(2)16-7)5-11(19-10)12(14-3)13(18)15-6-17;1-12-5-6-3-4-7(14-2)9(11)8(6)10(12)13/h4-6,12,14H,1-3H3,(H,15,17,18);3-4H,5H2,1-2H3. The zero-order valence-electron chi connectivity index (χ0n) is 19.0. The van der Waals surface area contributed by atoms with Crippen molar-refractivity contribution in [1.29, 1.82) is 0 Å². The summed E-state index contributed by atoms with van der Waals surface area (Å²) in [6.45, 7) is 4.23. The predicted molar refractivity (Wildman–Crippen MR) is 118 cm³/mol. The number of hydrogen-bond donors (Lipinski definition) is 2. The summed E-state index contributed by atoms with van der Waals surface area (Å²) in [5.74, 6) is -0.727. The van der Waals surface area contributed by atoms with Crippen molar-refractivity contribution < 1.29 is 27.9 Å². The average Bonchev–Trinajstić information content (AvgIpc) is 3.31. The van der Waals surface area contributed by atoms with Crippen molar-refractivity contribution in [1.82, 2.24) is 20.5 Å². The van der Waals surface area contributed by atoms with Crippen LogP contribution in [0.5, 0.6) is 5.75 Å². The summed E-state index contributed by atoms with van der Waals surface area (Å²) in [6.07, 6.45) is 0.353. The Morgan fingerprint density at radius 2 is 2.06 bits per heavy atom. The van der Waals surface area contributed by atoms with Crippen molar-refractivity contribution in [2.45, 2.75) is 26.4 Å². The van der Waals surface area contributed by atoms with Crippen LogP contribution in [-0.4, -0.2) is 49.3 Å². The van der Waals surface area contributed by atoms with Crippen LogP contribution in [0.15, 0.2) is 28.7 Å². The highest BCUT2D eigenvalue weighted by atomic mass is 19.1. The lowest BCUT2D eigenvalue weighted by atomic mass is 10.1. The van der Waals surface area contributed by atoms with Gasteiger partial charge < -0.3 is 19.4 Å². The monoisotopic (exact) mass is 456 g/mol. The summed E-state index contributed by atoms with van der Waals surface area (Å²) in [5, 5.41) is 5.78. The topological polar surface area (TPSA) is 114 Å². The van der Waals surface area contributed by atoms with E-state index in [1.807, 2.05) is 19.9 Å². The Kier molecular flexibility index (Phi) is 7.07. The van der Waals surface area contributed by atoms with Crippen molar-refractivity contribution in [2.24, 2.45) is 0 Å². The summed E-state index contributed by atoms with van der Waals surface area (Å²) in [6, 6.07) is 6.13. The number of amides is 3. The number of benzene rings is 1. The molecule has 10 heteroatoms. The van der Waals surface area contributed by atoms with E-state index in [0.717, 1.165) is 22.3 Å². The molecule has 0 saturated heterocycles. The molecular weight excluding hydrogens is 431 g/mol. The SMILES string of the molecule is CNC(C(=O)NC=O)c1cc2c(C)nc(C)cc2o1.COc1ccc2c(c1F)C(=O)N(C)C2. The van der Waals surface area contributed by atoms with Crippen LogP contribution < -0.4 is 15.4 Å². The second kappa shape index (κ2) is 9.78. The number of likely N-dealkylation sites (N-methyl/N-ethyl adjacent to an activating group) is 1. The molecule has 3 heterocycles. The number of halogens is 1. The van der Waals surface area contributed by atoms with Crippen molar-refractivity contribution >= 4 is 29.2 Å². The molecule has 1 aliphatic rings. The Morgan fingerprint density at radius 3 is 2.70 bits per heavy atom. The van der Waals surface area contributed by atoms with Crippen molar-refractivity contribution in [2.75, 3.05) is 21.2 Å². The summed E-state index contributed by atoms with van der Waals surface area (Å²) in [4.78, 5) is 39.4. The van der Waals surface area contributed by atoms with Crippen molar-refractivity contribution in [3.8, 4) is 5.75 Å². The molecule has 0 spiro atoms. The fourth-order valence-electron chi connectivity index (χ4n) is 3.68. The fraction of sp³-hybridized carbons (Fsp3) is 0.304. The first kappa shape index (κ1) is 23.9. The van der Waals surface area contributed by atoms with E-state index in [-0.39, 0.29) is 17.2 Å². The van der Waals surface area contributed by atoms with Gasteiger partial charge in [0.1, 0.15) is 17.4 Å². The van der Waals surface area contributed by atoms with Crippen LogP contribution in [0.2, 0.25) is 0 Å². The molecule has 3 amide bonds. The van der Waals surface area contributed by atoms with E-state index in [1.165, 1.54) is 12.0 Å². The van der Waals surface area contributed by atoms with Gasteiger partial charge in [-0.3, -0.25) is 24.7 Å². The highest BCUT2D eigenvalue weighted by Crippen LogP contribution is 2.30. The summed E-state index contributed by atoms with van der Waals surface area (Å²) < 4.78 is 24.1. The highest BCUT2D eigenvalue weighted by molar-refractivity contribution is 5.98. The fourth-order valence-corrected chi connectivity index (χ4v) is 3.68. The van der Waals surface area contributed by atoms with E-state index in [9.17, 15) is 18.8 Å². The van der Waals surface area contributed by atoms with Gasteiger partial charge in [0.2, 0.25) is 6.41 Å². The molecule has 174 valence electrons. The van der Waals surface area contributed by atoms with Gasteiger partial charge in [0, 0.05) is 36.4 Å². The maximum atomic E-state index is 13.6. The van der Waals surface area contributed by atoms with Gasteiger partial charge >= 0.3 is 0 Å². The van der Waals surface area contributed by atoms with Gasteiger partial charge in [-0.25, -0.2) is 4.39 Å². The van der Waals surface area contributed by atoms with Gasteiger partial charge in [-0.2, -0.15) is 0 Å². The number of hydrogen-bond acceptors (Lipinski definition) is 7. The number of aromatic nitrogens is 1. The van der Waals surface area contributed by atoms with E-state index in [2.05, 4.69) is 15.6 Å². The molecule has 1 aliphatic heterocycles. The van der Waals surface area contributed by atoms with E-state index in [1.54, 1.807) is 32.3 Å². The number of fused-ring (bicyclic) bond motifs is 2. The Hall–Kier alpha value is -3.79. The molecule has 0 fully saturated rings. The third-order valence-electron chi connectivity index (χ3n) is 5.27. The average molecular weight is 456 g/mol. The molecule has 3 aromatic rings. The second-order valence-electron chi connectivity index (χ2n) is 7.53. The summed E-state index contributed by atoms with van der Waals surface area (Å²) in [5.41, 5.74) is 3.24. The number of pyridine rings is 1. The molecule has 1 atom stereocenters. The van der Waals surface area contributed by atoms with Gasteiger partial charge in [-0.1, -0.05) is 6.07 Å². The van der Waals surface area contributed by atoms with E-state index < -0.39 is 17.8 Å². The van der Waals surface area contributed by atoms with E-state index >= 15 is 0 Å². The normalized spacial score (nSPS) is 13.3. The second-order valence-corrected chi connectivity index (χ2v) is 7.53. The number of aryl methyl sites for hydroxylation is 2. The first-order valence-electron chi connectivity index (χ1n) is 10.1. The summed E-state index contributed by atoms with van der Waals surface area (Å²) >= 11 is 0. The third kappa shape index (κ3) is 4.70. The Morgan fingerprint density at radius 1 is 1.33 bits per heavy atom. The molecule has 33 heavy (non-hydrogen) atoms. The molecule has 9 nitrogen and oxygen atoms in total. The van der Waals surface area contributed by atoms with Crippen LogP contribution >= 0.6 is 0 Å². The van der Waals surface area contributed by atoms with Crippen LogP contribution in [-0.2, 0) is 16.1 Å². The minimum absolute atomic E-state index is 0.118. The number of furan rings is 1. The lowest BCUT2D eigenvalue weighted by Gasteiger charge is -2.10. The molecule has 1 aromatic carbocycles. The first-order valence-corrected chi connectivity index (χ1v) is 10.1. The van der Waals surface area contributed by atoms with Crippen molar-refractivity contribution in [3.63, 3.8) is 0 Å². The molecule has 0 radical (unpaired) electrons. The number of carbonyl (C=O) groups is 3. The van der Waals surface area contributed by atoms with Gasteiger partial charge in [0.25, 0.3) is 11.8 Å². The van der Waals surface area contributed by atoms with Gasteiger partial charge in [-0.15, -0.1) is 0 Å². The number of methoxy groups -OCH3 is 1. The minimum atomic E-state index is -0.711. The van der Waals surface area contributed by atoms with Crippen molar-refractivity contribution in [3.05, 3.63) is 58.4 Å². The maximum Gasteiger partial charge on any atom is 0.257 e. The third-order valence-corrected chi connectivity index (χ3v) is 5.27. The molecular formula is C23H25FN4O5. The number of imide groups is 1. The van der Waals surface area contributed by atoms with Crippen LogP contribution in [0.1, 0.15) is 39.1 Å². The molecule has 0 saturated carbocycles. The molecule has 2 aromatic heterocycles. The largest absolute Gasteiger partial charge is 0.494 e. The van der Waals surface area contributed by atoms with E-state index in [4.69, 9.17) is 9.15 Å². The van der Waals surface area contributed by atoms with Crippen LogP contribution in [0.3, 0.4) is 0 Å². The Labute approximate surface area is 189 Å². The van der Waals surface area contributed by atoms with Gasteiger partial charge in [0.05, 0.1) is 12.7 Å². The molecule has 1 unspecified atom stereocenters. The van der Waals surface area contributed by atoms with Gasteiger partial charge in [0.15, 0.2) is 11.6 Å². The highest BCUT2D eigenvalue weighted by Gasteiger charge is 2.29. The number of rotatable bonds is 5. The maximum absolute atomic E-state index is 13.6. The number of nitrogens with zero attached hydrogens (tertiary/aromatic N) is 2. The predicted octanol–water partition coefficient (Wildman–Crippen LogP) is 2.40. The van der Waals surface area contributed by atoms with E-state index in [0.29, 0.717) is 24.3 Å². The summed E-state index contributed by atoms with van der Waals surface area (Å²) in [7, 11) is 4.65. The van der Waals surface area contributed by atoms with Gasteiger partial charge in [-0.05, 0) is 38.6 Å². The number of nitrogens with one attached hydrogen (secondary N) is 2. The number of carbonyl (C=O) groups excluding carboxylic acids is 3. The lowest BCUT2D eigenvalue weighted by molar-refractivity contribution is -0.127. The quantitative estimate of drug-likeness (QED) is 0.567. The van der Waals surface area contributed by atoms with Crippen LogP contribution in [0, 0.1) is 19.7 Å². The van der Waals surface area contributed by atoms with Crippen LogP contribution in [0.4, 0.5) is 4.39 Å². The lowest BCUT2D eigenvalue weighted by Crippen LogP contribution is -2.34. The minimum Gasteiger partial charge on any atom is -0.494 e. The Bertz CT molecular complexity index is 1220.